The second-order valence-corrected chi connectivity index (χ2v) is 9.46. The van der Waals surface area contributed by atoms with Gasteiger partial charge in [-0.1, -0.05) is 57.4 Å². The van der Waals surface area contributed by atoms with Gasteiger partial charge in [0.1, 0.15) is 5.75 Å². The monoisotopic (exact) mass is 569 g/mol. The summed E-state index contributed by atoms with van der Waals surface area (Å²) in [5, 5.41) is 6.84. The fourth-order valence-corrected chi connectivity index (χ4v) is 3.98. The number of ether oxygens (including phenoxy) is 1. The maximum Gasteiger partial charge on any atom is 0.343 e. The van der Waals surface area contributed by atoms with Crippen LogP contribution in [0.5, 0.6) is 5.75 Å². The number of rotatable bonds is 7. The highest BCUT2D eigenvalue weighted by atomic mass is 79.9. The van der Waals surface area contributed by atoms with Crippen molar-refractivity contribution in [1.29, 1.82) is 0 Å². The first kappa shape index (κ1) is 26.5. The molecule has 0 bridgehead atoms. The molecule has 0 aliphatic heterocycles. The molecule has 0 fully saturated rings. The van der Waals surface area contributed by atoms with E-state index in [1.807, 2.05) is 32.0 Å². The molecule has 190 valence electrons. The SMILES string of the molecule is Cc1cccc(C(=O)Nc2cccc(C(=O)NN=Cc3cc(Br)ccc3OC(=O)c3cccc(C)c3)c2)c1. The van der Waals surface area contributed by atoms with Crippen molar-refractivity contribution in [3.05, 3.63) is 129 Å². The third kappa shape index (κ3) is 7.02. The van der Waals surface area contributed by atoms with Gasteiger partial charge in [-0.25, -0.2) is 10.2 Å². The van der Waals surface area contributed by atoms with Crippen LogP contribution in [0.3, 0.4) is 0 Å². The van der Waals surface area contributed by atoms with Crippen molar-refractivity contribution in [2.45, 2.75) is 13.8 Å². The summed E-state index contributed by atoms with van der Waals surface area (Å²) in [4.78, 5) is 37.9. The Morgan fingerprint density at radius 3 is 2.11 bits per heavy atom. The molecule has 8 heteroatoms. The van der Waals surface area contributed by atoms with Gasteiger partial charge in [0.05, 0.1) is 11.8 Å². The Kier molecular flexibility index (Phi) is 8.45. The molecule has 0 unspecified atom stereocenters. The summed E-state index contributed by atoms with van der Waals surface area (Å²) < 4.78 is 6.32. The molecule has 4 rings (SSSR count). The van der Waals surface area contributed by atoms with Crippen molar-refractivity contribution in [3.8, 4) is 5.75 Å². The van der Waals surface area contributed by atoms with Gasteiger partial charge in [-0.05, 0) is 74.5 Å². The number of benzene rings is 4. The fourth-order valence-electron chi connectivity index (χ4n) is 3.60. The van der Waals surface area contributed by atoms with Gasteiger partial charge in [0.25, 0.3) is 11.8 Å². The number of aryl methyl sites for hydroxylation is 2. The van der Waals surface area contributed by atoms with Crippen LogP contribution in [-0.2, 0) is 0 Å². The van der Waals surface area contributed by atoms with Gasteiger partial charge >= 0.3 is 5.97 Å². The summed E-state index contributed by atoms with van der Waals surface area (Å²) in [7, 11) is 0. The van der Waals surface area contributed by atoms with Crippen molar-refractivity contribution in [2.75, 3.05) is 5.32 Å². The number of nitrogens with zero attached hydrogens (tertiary/aromatic N) is 1. The molecular weight excluding hydrogens is 546 g/mol. The number of hydrogen-bond donors (Lipinski definition) is 2. The zero-order valence-corrected chi connectivity index (χ0v) is 22.3. The number of carbonyl (C=O) groups is 3. The van der Waals surface area contributed by atoms with E-state index in [0.29, 0.717) is 33.7 Å². The lowest BCUT2D eigenvalue weighted by molar-refractivity contribution is 0.0733. The van der Waals surface area contributed by atoms with Gasteiger partial charge in [0.2, 0.25) is 0 Å². The molecule has 4 aromatic carbocycles. The van der Waals surface area contributed by atoms with E-state index in [1.54, 1.807) is 72.8 Å². The number of anilines is 1. The molecule has 7 nitrogen and oxygen atoms in total. The van der Waals surface area contributed by atoms with Crippen LogP contribution in [0.1, 0.15) is 47.8 Å². The van der Waals surface area contributed by atoms with E-state index in [2.05, 4.69) is 31.8 Å². The van der Waals surface area contributed by atoms with Crippen molar-refractivity contribution < 1.29 is 19.1 Å². The number of halogens is 1. The summed E-state index contributed by atoms with van der Waals surface area (Å²) >= 11 is 3.40. The average molecular weight is 570 g/mol. The van der Waals surface area contributed by atoms with E-state index in [0.717, 1.165) is 15.6 Å². The molecule has 0 aliphatic rings. The van der Waals surface area contributed by atoms with Crippen molar-refractivity contribution in [3.63, 3.8) is 0 Å². The van der Waals surface area contributed by atoms with E-state index in [4.69, 9.17) is 4.74 Å². The first-order chi connectivity index (χ1) is 18.3. The highest BCUT2D eigenvalue weighted by molar-refractivity contribution is 9.10. The number of esters is 1. The Morgan fingerprint density at radius 2 is 1.39 bits per heavy atom. The minimum absolute atomic E-state index is 0.272. The minimum atomic E-state index is -0.501. The fraction of sp³-hybridized carbons (Fsp3) is 0.0667. The van der Waals surface area contributed by atoms with E-state index in [-0.39, 0.29) is 5.91 Å². The quantitative estimate of drug-likeness (QED) is 0.118. The van der Waals surface area contributed by atoms with Gasteiger partial charge in [-0.3, -0.25) is 9.59 Å². The maximum atomic E-state index is 12.7. The number of carbonyl (C=O) groups excluding carboxylic acids is 3. The minimum Gasteiger partial charge on any atom is -0.422 e. The Hall–Kier alpha value is -4.56. The molecule has 0 saturated heterocycles. The van der Waals surface area contributed by atoms with Crippen LogP contribution < -0.4 is 15.5 Å². The van der Waals surface area contributed by atoms with Gasteiger partial charge in [0.15, 0.2) is 0 Å². The molecule has 4 aromatic rings. The van der Waals surface area contributed by atoms with Gasteiger partial charge in [-0.2, -0.15) is 5.10 Å². The number of hydrogen-bond acceptors (Lipinski definition) is 5. The largest absolute Gasteiger partial charge is 0.422 e. The van der Waals surface area contributed by atoms with Crippen molar-refractivity contribution in [1.82, 2.24) is 5.43 Å². The van der Waals surface area contributed by atoms with E-state index >= 15 is 0 Å². The predicted molar refractivity (Wildman–Crippen MR) is 151 cm³/mol. The van der Waals surface area contributed by atoms with Gasteiger partial charge in [-0.15, -0.1) is 0 Å². The molecule has 0 saturated carbocycles. The summed E-state index contributed by atoms with van der Waals surface area (Å²) in [6, 6.07) is 26.0. The Labute approximate surface area is 228 Å². The molecule has 0 aliphatic carbocycles. The lowest BCUT2D eigenvalue weighted by Crippen LogP contribution is -2.18. The highest BCUT2D eigenvalue weighted by Gasteiger charge is 2.13. The van der Waals surface area contributed by atoms with Crippen LogP contribution >= 0.6 is 15.9 Å². The van der Waals surface area contributed by atoms with Crippen LogP contribution in [0.15, 0.2) is 101 Å². The van der Waals surface area contributed by atoms with Crippen molar-refractivity contribution >= 4 is 45.6 Å². The number of hydrazone groups is 1. The van der Waals surface area contributed by atoms with Gasteiger partial charge in [0, 0.05) is 26.9 Å². The third-order valence-electron chi connectivity index (χ3n) is 5.46. The van der Waals surface area contributed by atoms with E-state index in [9.17, 15) is 14.4 Å². The number of nitrogens with one attached hydrogen (secondary N) is 2. The third-order valence-corrected chi connectivity index (χ3v) is 5.95. The van der Waals surface area contributed by atoms with Crippen LogP contribution in [0.4, 0.5) is 5.69 Å². The first-order valence-corrected chi connectivity index (χ1v) is 12.5. The lowest BCUT2D eigenvalue weighted by Gasteiger charge is -2.09. The predicted octanol–water partition coefficient (Wildman–Crippen LogP) is 6.30. The molecule has 2 amide bonds. The smallest absolute Gasteiger partial charge is 0.343 e. The second kappa shape index (κ2) is 12.1. The average Bonchev–Trinajstić information content (AvgIpc) is 2.90. The Bertz CT molecular complexity index is 1550. The maximum absolute atomic E-state index is 12.7. The first-order valence-electron chi connectivity index (χ1n) is 11.7. The summed E-state index contributed by atoms with van der Waals surface area (Å²) in [5.41, 5.74) is 6.61. The second-order valence-electron chi connectivity index (χ2n) is 8.54. The van der Waals surface area contributed by atoms with Gasteiger partial charge < -0.3 is 10.1 Å². The molecule has 38 heavy (non-hydrogen) atoms. The molecule has 0 aromatic heterocycles. The van der Waals surface area contributed by atoms with Crippen LogP contribution in [0.25, 0.3) is 0 Å². The molecular formula is C30H24BrN3O4. The highest BCUT2D eigenvalue weighted by Crippen LogP contribution is 2.23. The van der Waals surface area contributed by atoms with Crippen molar-refractivity contribution in [2.24, 2.45) is 5.10 Å². The summed E-state index contributed by atoms with van der Waals surface area (Å²) in [6.07, 6.45) is 1.39. The number of amides is 2. The Balaban J connectivity index is 1.43. The zero-order valence-electron chi connectivity index (χ0n) is 20.7. The zero-order chi connectivity index (χ0) is 27.1. The molecule has 0 heterocycles. The summed E-state index contributed by atoms with van der Waals surface area (Å²) in [5.74, 6) is -0.953. The summed E-state index contributed by atoms with van der Waals surface area (Å²) in [6.45, 7) is 3.80. The molecule has 2 N–H and O–H groups in total. The molecule has 0 radical (unpaired) electrons. The lowest BCUT2D eigenvalue weighted by atomic mass is 10.1. The van der Waals surface area contributed by atoms with E-state index in [1.165, 1.54) is 6.21 Å². The van der Waals surface area contributed by atoms with Crippen LogP contribution in [-0.4, -0.2) is 24.0 Å². The Morgan fingerprint density at radius 1 is 0.763 bits per heavy atom. The topological polar surface area (TPSA) is 96.9 Å². The molecule has 0 spiro atoms. The molecule has 0 atom stereocenters. The van der Waals surface area contributed by atoms with E-state index < -0.39 is 11.9 Å². The van der Waals surface area contributed by atoms with Crippen LogP contribution in [0.2, 0.25) is 0 Å². The standard InChI is InChI=1S/C30H24BrN3O4/c1-19-6-3-8-21(14-19)28(35)33-26-11-5-9-22(17-26)29(36)34-32-18-24-16-25(31)12-13-27(24)38-30(37)23-10-4-7-20(2)15-23/h3-18H,1-2H3,(H,33,35)(H,34,36). The van der Waals surface area contributed by atoms with Crippen LogP contribution in [0, 0.1) is 13.8 Å². The normalized spacial score (nSPS) is 10.7.